The average molecular weight is 129 g/mol. The Balaban J connectivity index is 2.19. The Hall–Kier alpha value is -1.03. The van der Waals surface area contributed by atoms with Crippen LogP contribution in [0.25, 0.3) is 0 Å². The van der Waals surface area contributed by atoms with E-state index in [4.69, 9.17) is 5.26 Å². The third-order valence-electron chi connectivity index (χ3n) is 3.12. The molecule has 0 radical (unpaired) electrons. The first-order chi connectivity index (χ1) is 4.88. The van der Waals surface area contributed by atoms with Gasteiger partial charge in [0.1, 0.15) is 0 Å². The van der Waals surface area contributed by atoms with Gasteiger partial charge in [-0.3, -0.25) is 0 Å². The zero-order chi connectivity index (χ0) is 6.77. The predicted molar refractivity (Wildman–Crippen MR) is 36.8 cm³/mol. The third kappa shape index (κ3) is 0.259. The Morgan fingerprint density at radius 3 is 2.80 bits per heavy atom. The van der Waals surface area contributed by atoms with Crippen LogP contribution in [0.1, 0.15) is 0 Å². The first-order valence-corrected chi connectivity index (χ1v) is 3.67. The van der Waals surface area contributed by atoms with Gasteiger partial charge in [0.15, 0.2) is 0 Å². The molecule has 48 valence electrons. The molecule has 1 heteroatoms. The molecule has 10 heavy (non-hydrogen) atoms. The van der Waals surface area contributed by atoms with Crippen LogP contribution in [0.2, 0.25) is 0 Å². The lowest BCUT2D eigenvalue weighted by Gasteiger charge is -1.96. The fourth-order valence-corrected chi connectivity index (χ4v) is 2.53. The quantitative estimate of drug-likeness (QED) is 0.455. The Kier molecular flexibility index (Phi) is 0.509. The molecule has 1 nitrogen and oxygen atoms in total. The minimum Gasteiger partial charge on any atom is -0.197 e. The molecule has 0 aromatic carbocycles. The van der Waals surface area contributed by atoms with Crippen molar-refractivity contribution in [1.82, 2.24) is 0 Å². The van der Waals surface area contributed by atoms with E-state index < -0.39 is 0 Å². The Morgan fingerprint density at radius 1 is 1.30 bits per heavy atom. The summed E-state index contributed by atoms with van der Waals surface area (Å²) in [5.41, 5.74) is -0.0422. The van der Waals surface area contributed by atoms with Crippen LogP contribution in [-0.4, -0.2) is 0 Å². The van der Waals surface area contributed by atoms with Gasteiger partial charge in [-0.15, -0.1) is 0 Å². The molecular formula is C9H7N. The van der Waals surface area contributed by atoms with E-state index in [1.165, 1.54) is 0 Å². The van der Waals surface area contributed by atoms with Crippen LogP contribution < -0.4 is 0 Å². The van der Waals surface area contributed by atoms with Gasteiger partial charge in [-0.05, 0) is 5.92 Å². The van der Waals surface area contributed by atoms with Gasteiger partial charge in [0.25, 0.3) is 0 Å². The second-order valence-electron chi connectivity index (χ2n) is 3.42. The maximum atomic E-state index is 8.85. The molecule has 0 aromatic rings. The van der Waals surface area contributed by atoms with Crippen LogP contribution in [0.5, 0.6) is 0 Å². The lowest BCUT2D eigenvalue weighted by molar-refractivity contribution is 0.662. The molecule has 0 aromatic heterocycles. The van der Waals surface area contributed by atoms with Crippen LogP contribution in [0.4, 0.5) is 0 Å². The largest absolute Gasteiger partial charge is 0.197 e. The normalized spacial score (nSPS) is 58.5. The monoisotopic (exact) mass is 129 g/mol. The van der Waals surface area contributed by atoms with Crippen LogP contribution in [0.3, 0.4) is 0 Å². The number of nitriles is 1. The van der Waals surface area contributed by atoms with Gasteiger partial charge in [-0.25, -0.2) is 0 Å². The van der Waals surface area contributed by atoms with Crippen molar-refractivity contribution in [3.05, 3.63) is 24.3 Å². The fourth-order valence-electron chi connectivity index (χ4n) is 2.53. The zero-order valence-electron chi connectivity index (χ0n) is 5.49. The van der Waals surface area contributed by atoms with Crippen LogP contribution in [0, 0.1) is 34.5 Å². The van der Waals surface area contributed by atoms with Crippen molar-refractivity contribution >= 4 is 0 Å². The number of allylic oxidation sites excluding steroid dienone is 4. The Morgan fingerprint density at radius 2 is 2.20 bits per heavy atom. The van der Waals surface area contributed by atoms with Gasteiger partial charge >= 0.3 is 0 Å². The molecule has 0 N–H and O–H groups in total. The smallest absolute Gasteiger partial charge is 0.0862 e. The topological polar surface area (TPSA) is 23.8 Å². The molecule has 0 amide bonds. The van der Waals surface area contributed by atoms with E-state index in [0.717, 1.165) is 0 Å². The van der Waals surface area contributed by atoms with Crippen LogP contribution >= 0.6 is 0 Å². The van der Waals surface area contributed by atoms with E-state index >= 15 is 0 Å². The highest BCUT2D eigenvalue weighted by atomic mass is 14.7. The number of nitrogens with zero attached hydrogens (tertiary/aromatic N) is 1. The molecule has 3 aliphatic carbocycles. The molecule has 0 spiro atoms. The number of rotatable bonds is 0. The lowest BCUT2D eigenvalue weighted by Crippen LogP contribution is -1.96. The lowest BCUT2D eigenvalue weighted by atomic mass is 10.0. The first-order valence-electron chi connectivity index (χ1n) is 3.67. The molecule has 1 fully saturated rings. The van der Waals surface area contributed by atoms with Gasteiger partial charge in [0.2, 0.25) is 0 Å². The molecule has 0 saturated heterocycles. The summed E-state index contributed by atoms with van der Waals surface area (Å²) in [5, 5.41) is 8.85. The molecule has 0 heterocycles. The van der Waals surface area contributed by atoms with E-state index in [-0.39, 0.29) is 5.41 Å². The summed E-state index contributed by atoms with van der Waals surface area (Å²) in [5.74, 6) is 1.81. The van der Waals surface area contributed by atoms with Crippen molar-refractivity contribution in [2.45, 2.75) is 0 Å². The molecule has 0 bridgehead atoms. The molecule has 1 saturated carbocycles. The summed E-state index contributed by atoms with van der Waals surface area (Å²) in [6, 6.07) is 2.41. The summed E-state index contributed by atoms with van der Waals surface area (Å²) < 4.78 is 0. The molecule has 4 atom stereocenters. The van der Waals surface area contributed by atoms with E-state index in [1.807, 2.05) is 0 Å². The second-order valence-corrected chi connectivity index (χ2v) is 3.42. The zero-order valence-corrected chi connectivity index (χ0v) is 5.49. The molecule has 0 aliphatic heterocycles. The first kappa shape index (κ1) is 4.73. The highest BCUT2D eigenvalue weighted by molar-refractivity contribution is 5.46. The van der Waals surface area contributed by atoms with Crippen molar-refractivity contribution < 1.29 is 0 Å². The Bertz CT molecular complexity index is 294. The number of hydrogen-bond acceptors (Lipinski definition) is 1. The van der Waals surface area contributed by atoms with E-state index in [1.54, 1.807) is 0 Å². The summed E-state index contributed by atoms with van der Waals surface area (Å²) >= 11 is 0. The fraction of sp³-hybridized carbons (Fsp3) is 0.444. The van der Waals surface area contributed by atoms with Gasteiger partial charge in [0, 0.05) is 11.8 Å². The molecular weight excluding hydrogens is 122 g/mol. The minimum atomic E-state index is -0.0422. The van der Waals surface area contributed by atoms with Crippen molar-refractivity contribution in [2.75, 3.05) is 0 Å². The molecule has 4 unspecified atom stereocenters. The Labute approximate surface area is 59.7 Å². The van der Waals surface area contributed by atoms with Crippen molar-refractivity contribution in [2.24, 2.45) is 23.2 Å². The maximum Gasteiger partial charge on any atom is 0.0862 e. The number of fused-ring (bicyclic) bond motifs is 1. The van der Waals surface area contributed by atoms with Gasteiger partial charge in [-0.1, -0.05) is 24.3 Å². The molecule has 3 rings (SSSR count). The van der Waals surface area contributed by atoms with Gasteiger partial charge in [-0.2, -0.15) is 5.26 Å². The third-order valence-corrected chi connectivity index (χ3v) is 3.12. The van der Waals surface area contributed by atoms with E-state index in [2.05, 4.69) is 30.4 Å². The van der Waals surface area contributed by atoms with Gasteiger partial charge in [0.05, 0.1) is 11.5 Å². The highest BCUT2D eigenvalue weighted by Gasteiger charge is 2.69. The maximum absolute atomic E-state index is 8.85. The van der Waals surface area contributed by atoms with E-state index in [0.29, 0.717) is 17.8 Å². The van der Waals surface area contributed by atoms with Crippen molar-refractivity contribution in [3.63, 3.8) is 0 Å². The summed E-state index contributed by atoms with van der Waals surface area (Å²) in [6.45, 7) is 0. The summed E-state index contributed by atoms with van der Waals surface area (Å²) in [7, 11) is 0. The van der Waals surface area contributed by atoms with Gasteiger partial charge < -0.3 is 0 Å². The highest BCUT2D eigenvalue weighted by Crippen LogP contribution is 2.70. The van der Waals surface area contributed by atoms with Crippen molar-refractivity contribution in [3.8, 4) is 6.07 Å². The standard InChI is InChI=1S/C9H7N/c10-5-9-4-3-6-1-2-7(9)8(6)9/h1-4,6-8H. The van der Waals surface area contributed by atoms with Crippen LogP contribution in [0.15, 0.2) is 24.3 Å². The SMILES string of the molecule is N#CC12C=CC3C=CC1C32. The van der Waals surface area contributed by atoms with Crippen LogP contribution in [-0.2, 0) is 0 Å². The molecule has 3 aliphatic rings. The second kappa shape index (κ2) is 1.08. The summed E-state index contributed by atoms with van der Waals surface area (Å²) in [4.78, 5) is 0. The predicted octanol–water partition coefficient (Wildman–Crippen LogP) is 1.50. The average Bonchev–Trinajstić information content (AvgIpc) is 2.31. The minimum absolute atomic E-state index is 0.0422. The van der Waals surface area contributed by atoms with E-state index in [9.17, 15) is 0 Å². The number of hydrogen-bond donors (Lipinski definition) is 0. The van der Waals surface area contributed by atoms with Crippen molar-refractivity contribution in [1.29, 1.82) is 5.26 Å². The summed E-state index contributed by atoms with van der Waals surface area (Å²) in [6.07, 6.45) is 8.72.